The van der Waals surface area contributed by atoms with Crippen LogP contribution >= 0.6 is 0 Å². The van der Waals surface area contributed by atoms with Crippen molar-refractivity contribution >= 4 is 67.4 Å². The average Bonchev–Trinajstić information content (AvgIpc) is 1.95. The van der Waals surface area contributed by atoms with Gasteiger partial charge in [-0.2, -0.15) is 8.42 Å². The van der Waals surface area contributed by atoms with Gasteiger partial charge in [-0.15, -0.1) is 0 Å². The average molecular weight is 247 g/mol. The molecule has 0 aromatic carbocycles. The molecule has 2 N–H and O–H groups in total. The van der Waals surface area contributed by atoms with Crippen LogP contribution in [0.15, 0.2) is 12.2 Å². The summed E-state index contributed by atoms with van der Waals surface area (Å²) < 4.78 is 28.8. The molecule has 0 atom stereocenters. The van der Waals surface area contributed by atoms with Crippen LogP contribution in [0.2, 0.25) is 0 Å². The van der Waals surface area contributed by atoms with Crippen molar-refractivity contribution < 1.29 is 17.8 Å². The van der Waals surface area contributed by atoms with E-state index in [1.165, 1.54) is 0 Å². The first-order chi connectivity index (χ1) is 5.83. The molecule has 0 aromatic heterocycles. The Labute approximate surface area is 127 Å². The van der Waals surface area contributed by atoms with Gasteiger partial charge in [0.15, 0.2) is 0 Å². The topological polar surface area (TPSA) is 83.5 Å². The van der Waals surface area contributed by atoms with E-state index < -0.39 is 10.1 Å². The minimum atomic E-state index is -3.92. The summed E-state index contributed by atoms with van der Waals surface area (Å²) in [5, 5.41) is 2.44. The van der Waals surface area contributed by atoms with Crippen LogP contribution in [0.1, 0.15) is 13.3 Å². The van der Waals surface area contributed by atoms with Crippen LogP contribution in [0.5, 0.6) is 0 Å². The zero-order valence-corrected chi connectivity index (χ0v) is 8.23. The normalized spacial score (nSPS) is 10.1. The second-order valence-corrected chi connectivity index (χ2v) is 4.25. The van der Waals surface area contributed by atoms with Crippen LogP contribution in [0.3, 0.4) is 0 Å². The number of carbonyl (C=O) groups is 1. The van der Waals surface area contributed by atoms with Crippen molar-refractivity contribution in [1.82, 2.24) is 5.32 Å². The number of nitrogens with one attached hydrogen (secondary N) is 1. The molecule has 14 heavy (non-hydrogen) atoms. The molecule has 0 radical (unpaired) electrons. The van der Waals surface area contributed by atoms with Crippen molar-refractivity contribution in [1.29, 1.82) is 0 Å². The fraction of sp³-hybridized carbons (Fsp3) is 0.571. The second-order valence-electron chi connectivity index (χ2n) is 2.68. The number of hydrogen-bond acceptors (Lipinski definition) is 3. The first-order valence-corrected chi connectivity index (χ1v) is 5.32. The molecule has 0 aliphatic heterocycles. The fourth-order valence-electron chi connectivity index (χ4n) is 0.607. The molecule has 0 unspecified atom stereocenters. The van der Waals surface area contributed by atoms with E-state index in [9.17, 15) is 13.2 Å². The van der Waals surface area contributed by atoms with Gasteiger partial charge in [0.05, 0.1) is 5.75 Å². The molecule has 0 fully saturated rings. The predicted octanol–water partition coefficient (Wildman–Crippen LogP) is -0.692. The van der Waals surface area contributed by atoms with Gasteiger partial charge in [-0.3, -0.25) is 9.35 Å². The summed E-state index contributed by atoms with van der Waals surface area (Å²) in [7, 11) is -3.92. The van der Waals surface area contributed by atoms with Gasteiger partial charge in [-0.1, -0.05) is 6.58 Å². The Morgan fingerprint density at radius 2 is 2.00 bits per heavy atom. The van der Waals surface area contributed by atoms with Gasteiger partial charge in [0, 0.05) is 12.1 Å². The summed E-state index contributed by atoms with van der Waals surface area (Å²) in [5.74, 6) is -0.654. The van der Waals surface area contributed by atoms with Crippen molar-refractivity contribution in [3.8, 4) is 0 Å². The van der Waals surface area contributed by atoms with Crippen molar-refractivity contribution in [3.63, 3.8) is 0 Å². The Hall–Kier alpha value is 0.756. The number of carbonyl (C=O) groups excluding carboxylic acids is 1. The van der Waals surface area contributed by atoms with Gasteiger partial charge < -0.3 is 5.32 Å². The second kappa shape index (κ2) is 7.97. The summed E-state index contributed by atoms with van der Waals surface area (Å²) in [6.07, 6.45) is 0.192. The minimum absolute atomic E-state index is 0. The molecule has 0 aliphatic rings. The van der Waals surface area contributed by atoms with Crippen LogP contribution < -0.4 is 5.32 Å². The molecule has 7 heteroatoms. The van der Waals surface area contributed by atoms with Crippen LogP contribution in [0.25, 0.3) is 0 Å². The van der Waals surface area contributed by atoms with Crippen LogP contribution in [-0.2, 0) is 14.9 Å². The Bertz CT molecular complexity index is 299. The zero-order valence-electron chi connectivity index (χ0n) is 7.41. The quantitative estimate of drug-likeness (QED) is 0.291. The molecule has 0 aromatic rings. The molecule has 1 amide bonds. The molecule has 0 saturated heterocycles. The van der Waals surface area contributed by atoms with Crippen LogP contribution in [-0.4, -0.2) is 82.6 Å². The molecule has 0 aliphatic carbocycles. The molecule has 0 rings (SSSR count). The summed E-state index contributed by atoms with van der Waals surface area (Å²) in [6.45, 7) is 5.17. The van der Waals surface area contributed by atoms with E-state index in [-0.39, 0.29) is 76.0 Å². The Morgan fingerprint density at radius 1 is 1.50 bits per heavy atom. The Morgan fingerprint density at radius 3 is 2.36 bits per heavy atom. The van der Waals surface area contributed by atoms with Gasteiger partial charge in [-0.25, -0.2) is 0 Å². The molecule has 78 valence electrons. The van der Waals surface area contributed by atoms with Crippen LogP contribution in [0, 0.1) is 0 Å². The van der Waals surface area contributed by atoms with E-state index in [0.717, 1.165) is 0 Å². The van der Waals surface area contributed by atoms with E-state index in [2.05, 4.69) is 11.9 Å². The van der Waals surface area contributed by atoms with E-state index in [1.54, 1.807) is 6.92 Å². The molecular formula is C7H14KNO4S. The molecule has 5 nitrogen and oxygen atoms in total. The SMILES string of the molecule is C=C(C)C(=O)NCCCS(=O)(=O)O.[KH]. The van der Waals surface area contributed by atoms with Gasteiger partial charge >= 0.3 is 51.4 Å². The zero-order chi connectivity index (χ0) is 10.5. The third-order valence-corrected chi connectivity index (χ3v) is 2.06. The molecule has 0 spiro atoms. The van der Waals surface area contributed by atoms with Gasteiger partial charge in [0.1, 0.15) is 0 Å². The number of hydrogen-bond donors (Lipinski definition) is 2. The standard InChI is InChI=1S/C7H13NO4S.K.H/c1-6(2)7(9)8-4-3-5-13(10,11)12;;/h1,3-5H2,2H3,(H,8,9)(H,10,11,12);;. The molecule has 0 saturated carbocycles. The van der Waals surface area contributed by atoms with Crippen molar-refractivity contribution in [2.24, 2.45) is 0 Å². The maximum absolute atomic E-state index is 10.8. The van der Waals surface area contributed by atoms with Crippen molar-refractivity contribution in [2.45, 2.75) is 13.3 Å². The fourth-order valence-corrected chi connectivity index (χ4v) is 1.12. The Kier molecular flexibility index (Phi) is 9.77. The van der Waals surface area contributed by atoms with Gasteiger partial charge in [0.25, 0.3) is 10.1 Å². The summed E-state index contributed by atoms with van der Waals surface area (Å²) in [4.78, 5) is 10.8. The molecule has 0 heterocycles. The monoisotopic (exact) mass is 247 g/mol. The first kappa shape index (κ1) is 17.2. The van der Waals surface area contributed by atoms with E-state index in [4.69, 9.17) is 4.55 Å². The van der Waals surface area contributed by atoms with E-state index >= 15 is 0 Å². The summed E-state index contributed by atoms with van der Waals surface area (Å²) >= 11 is 0. The third-order valence-electron chi connectivity index (χ3n) is 1.25. The molecule has 0 bridgehead atoms. The Balaban J connectivity index is 0. The number of rotatable bonds is 5. The summed E-state index contributed by atoms with van der Waals surface area (Å²) in [6, 6.07) is 0. The molecular weight excluding hydrogens is 233 g/mol. The van der Waals surface area contributed by atoms with Gasteiger partial charge in [-0.05, 0) is 13.3 Å². The van der Waals surface area contributed by atoms with Crippen molar-refractivity contribution in [3.05, 3.63) is 12.2 Å². The third kappa shape index (κ3) is 10.8. The van der Waals surface area contributed by atoms with Gasteiger partial charge in [0.2, 0.25) is 5.91 Å². The maximum atomic E-state index is 10.8. The van der Waals surface area contributed by atoms with Crippen molar-refractivity contribution in [2.75, 3.05) is 12.3 Å². The number of amides is 1. The first-order valence-electron chi connectivity index (χ1n) is 3.72. The van der Waals surface area contributed by atoms with E-state index in [0.29, 0.717) is 5.57 Å². The summed E-state index contributed by atoms with van der Waals surface area (Å²) in [5.41, 5.74) is 0.367. The van der Waals surface area contributed by atoms with E-state index in [1.807, 2.05) is 0 Å². The predicted molar refractivity (Wildman–Crippen MR) is 56.0 cm³/mol. The van der Waals surface area contributed by atoms with Crippen LogP contribution in [0.4, 0.5) is 0 Å².